The van der Waals surface area contributed by atoms with Crippen molar-refractivity contribution in [2.24, 2.45) is 0 Å². The summed E-state index contributed by atoms with van der Waals surface area (Å²) in [4.78, 5) is 0. The zero-order valence-corrected chi connectivity index (χ0v) is 8.41. The number of hydrogen-bond donors (Lipinski definition) is 1. The van der Waals surface area contributed by atoms with Crippen molar-refractivity contribution in [2.45, 2.75) is 6.54 Å². The Balaban J connectivity index is 2.60. The zero-order chi connectivity index (χ0) is 10.4. The van der Waals surface area contributed by atoms with E-state index in [-0.39, 0.29) is 13.1 Å². The molecule has 3 nitrogen and oxygen atoms in total. The summed E-state index contributed by atoms with van der Waals surface area (Å²) in [5.74, 6) is 0. The average molecular weight is 217 g/mol. The molecule has 1 aromatic rings. The van der Waals surface area contributed by atoms with Crippen LogP contribution in [0.1, 0.15) is 5.56 Å². The average Bonchev–Trinajstić information content (AvgIpc) is 2.18. The fourth-order valence-electron chi connectivity index (χ4n) is 1.09. The Bertz CT molecular complexity index is 294. The van der Waals surface area contributed by atoms with Gasteiger partial charge in [0.1, 0.15) is 6.67 Å². The molecule has 0 aliphatic heterocycles. The lowest BCUT2D eigenvalue weighted by Crippen LogP contribution is -2.27. The summed E-state index contributed by atoms with van der Waals surface area (Å²) >= 11 is -2.11. The number of hydrogen-bond acceptors (Lipinski definition) is 1. The molecule has 5 heteroatoms. The van der Waals surface area contributed by atoms with Crippen LogP contribution in [0.4, 0.5) is 4.39 Å². The van der Waals surface area contributed by atoms with Gasteiger partial charge < -0.3 is 0 Å². The number of halogens is 1. The molecule has 0 bridgehead atoms. The van der Waals surface area contributed by atoms with E-state index in [2.05, 4.69) is 0 Å². The number of alkyl halides is 1. The summed E-state index contributed by atoms with van der Waals surface area (Å²) < 4.78 is 32.8. The minimum absolute atomic E-state index is 0.0298. The smallest absolute Gasteiger partial charge is 0.234 e. The van der Waals surface area contributed by atoms with E-state index >= 15 is 0 Å². The van der Waals surface area contributed by atoms with E-state index in [1.807, 2.05) is 30.3 Å². The lowest BCUT2D eigenvalue weighted by atomic mass is 10.2. The first-order chi connectivity index (χ1) is 6.74. The maximum Gasteiger partial charge on any atom is 0.234 e. The lowest BCUT2D eigenvalue weighted by molar-refractivity contribution is 0.344. The first-order valence-corrected chi connectivity index (χ1v) is 5.26. The highest BCUT2D eigenvalue weighted by atomic mass is 32.2. The summed E-state index contributed by atoms with van der Waals surface area (Å²) in [6.07, 6.45) is 0. The first kappa shape index (κ1) is 11.3. The summed E-state index contributed by atoms with van der Waals surface area (Å²) in [5, 5.41) is 0. The maximum absolute atomic E-state index is 12.0. The van der Waals surface area contributed by atoms with Gasteiger partial charge in [0.2, 0.25) is 11.3 Å². The Labute approximate surface area is 85.0 Å². The third-order valence-corrected chi connectivity index (χ3v) is 2.51. The molecule has 0 fully saturated rings. The van der Waals surface area contributed by atoms with Crippen molar-refractivity contribution in [3.63, 3.8) is 0 Å². The van der Waals surface area contributed by atoms with Crippen LogP contribution in [0.25, 0.3) is 0 Å². The second-order valence-electron chi connectivity index (χ2n) is 2.77. The van der Waals surface area contributed by atoms with Gasteiger partial charge in [-0.3, -0.25) is 4.55 Å². The number of rotatable bonds is 5. The van der Waals surface area contributed by atoms with Gasteiger partial charge in [-0.1, -0.05) is 30.3 Å². The molecule has 0 aliphatic rings. The highest BCUT2D eigenvalue weighted by Crippen LogP contribution is 2.05. The minimum atomic E-state index is -2.11. The third kappa shape index (κ3) is 3.53. The van der Waals surface area contributed by atoms with Gasteiger partial charge in [0.15, 0.2) is 0 Å². The molecular weight excluding hydrogens is 205 g/mol. The first-order valence-electron chi connectivity index (χ1n) is 4.20. The molecule has 0 aliphatic carbocycles. The van der Waals surface area contributed by atoms with Crippen LogP contribution in [0.2, 0.25) is 0 Å². The van der Waals surface area contributed by atoms with Gasteiger partial charge in [0.05, 0.1) is 0 Å². The van der Waals surface area contributed by atoms with E-state index in [1.54, 1.807) is 0 Å². The van der Waals surface area contributed by atoms with Gasteiger partial charge in [-0.25, -0.2) is 8.60 Å². The molecular formula is C9H12FNO2S. The highest BCUT2D eigenvalue weighted by Gasteiger charge is 2.10. The molecule has 1 aromatic carbocycles. The normalized spacial score (nSPS) is 13.1. The van der Waals surface area contributed by atoms with Crippen LogP contribution in [0.3, 0.4) is 0 Å². The van der Waals surface area contributed by atoms with E-state index in [1.165, 1.54) is 0 Å². The highest BCUT2D eigenvalue weighted by molar-refractivity contribution is 7.76. The quantitative estimate of drug-likeness (QED) is 0.761. The number of benzene rings is 1. The second-order valence-corrected chi connectivity index (χ2v) is 3.75. The monoisotopic (exact) mass is 217 g/mol. The number of nitrogens with zero attached hydrogens (tertiary/aromatic N) is 1. The summed E-state index contributed by atoms with van der Waals surface area (Å²) in [6, 6.07) is 9.20. The zero-order valence-electron chi connectivity index (χ0n) is 7.60. The Morgan fingerprint density at radius 3 is 2.50 bits per heavy atom. The van der Waals surface area contributed by atoms with E-state index in [0.717, 1.165) is 9.87 Å². The SMILES string of the molecule is O=S(O)N(CCF)Cc1ccccc1. The van der Waals surface area contributed by atoms with E-state index in [0.29, 0.717) is 0 Å². The molecule has 1 atom stereocenters. The van der Waals surface area contributed by atoms with Gasteiger partial charge in [0.25, 0.3) is 0 Å². The van der Waals surface area contributed by atoms with Gasteiger partial charge in [0, 0.05) is 13.1 Å². The topological polar surface area (TPSA) is 40.5 Å². The molecule has 0 amide bonds. The van der Waals surface area contributed by atoms with Gasteiger partial charge in [-0.2, -0.15) is 4.31 Å². The van der Waals surface area contributed by atoms with Crippen LogP contribution >= 0.6 is 0 Å². The Kier molecular flexibility index (Phi) is 4.72. The third-order valence-electron chi connectivity index (χ3n) is 1.76. The van der Waals surface area contributed by atoms with Crippen LogP contribution < -0.4 is 0 Å². The minimum Gasteiger partial charge on any atom is -0.294 e. The second kappa shape index (κ2) is 5.85. The van der Waals surface area contributed by atoms with Crippen molar-refractivity contribution in [3.05, 3.63) is 35.9 Å². The van der Waals surface area contributed by atoms with Crippen molar-refractivity contribution < 1.29 is 13.2 Å². The molecule has 1 unspecified atom stereocenters. The van der Waals surface area contributed by atoms with Crippen molar-refractivity contribution >= 4 is 11.3 Å². The fraction of sp³-hybridized carbons (Fsp3) is 0.333. The van der Waals surface area contributed by atoms with Crippen LogP contribution in [-0.4, -0.2) is 26.3 Å². The van der Waals surface area contributed by atoms with Crippen molar-refractivity contribution in [1.82, 2.24) is 4.31 Å². The van der Waals surface area contributed by atoms with Crippen LogP contribution in [0.5, 0.6) is 0 Å². The van der Waals surface area contributed by atoms with E-state index in [4.69, 9.17) is 4.55 Å². The molecule has 0 radical (unpaired) electrons. The summed E-state index contributed by atoms with van der Waals surface area (Å²) in [7, 11) is 0. The van der Waals surface area contributed by atoms with Crippen LogP contribution in [0.15, 0.2) is 30.3 Å². The van der Waals surface area contributed by atoms with Gasteiger partial charge >= 0.3 is 0 Å². The largest absolute Gasteiger partial charge is 0.294 e. The van der Waals surface area contributed by atoms with Crippen molar-refractivity contribution in [2.75, 3.05) is 13.2 Å². The molecule has 14 heavy (non-hydrogen) atoms. The molecule has 0 aromatic heterocycles. The predicted molar refractivity (Wildman–Crippen MR) is 53.6 cm³/mol. The summed E-state index contributed by atoms with van der Waals surface area (Å²) in [5.41, 5.74) is 0.892. The Morgan fingerprint density at radius 2 is 2.00 bits per heavy atom. The molecule has 78 valence electrons. The van der Waals surface area contributed by atoms with Crippen molar-refractivity contribution in [1.29, 1.82) is 0 Å². The predicted octanol–water partition coefficient (Wildman–Crippen LogP) is 1.59. The van der Waals surface area contributed by atoms with Gasteiger partial charge in [-0.05, 0) is 5.56 Å². The van der Waals surface area contributed by atoms with Gasteiger partial charge in [-0.15, -0.1) is 0 Å². The molecule has 1 N–H and O–H groups in total. The van der Waals surface area contributed by atoms with E-state index in [9.17, 15) is 8.60 Å². The molecule has 0 spiro atoms. The molecule has 0 heterocycles. The van der Waals surface area contributed by atoms with Crippen LogP contribution in [-0.2, 0) is 17.8 Å². The lowest BCUT2D eigenvalue weighted by Gasteiger charge is -2.15. The maximum atomic E-state index is 12.0. The summed E-state index contributed by atoms with van der Waals surface area (Å²) in [6.45, 7) is -0.370. The molecule has 0 saturated carbocycles. The van der Waals surface area contributed by atoms with E-state index < -0.39 is 17.9 Å². The Morgan fingerprint density at radius 1 is 1.36 bits per heavy atom. The fourth-order valence-corrected chi connectivity index (χ4v) is 1.58. The Hall–Kier alpha value is -0.780. The van der Waals surface area contributed by atoms with Crippen molar-refractivity contribution in [3.8, 4) is 0 Å². The van der Waals surface area contributed by atoms with Crippen LogP contribution in [0, 0.1) is 0 Å². The standard InChI is InChI=1S/C9H12FNO2S/c10-6-7-11(14(12)13)8-9-4-2-1-3-5-9/h1-5H,6-8H2,(H,12,13). The molecule has 1 rings (SSSR count). The molecule has 0 saturated heterocycles.